The first kappa shape index (κ1) is 13.5. The van der Waals surface area contributed by atoms with Crippen molar-refractivity contribution < 1.29 is 14.6 Å². The fourth-order valence-corrected chi connectivity index (χ4v) is 2.73. The highest BCUT2D eigenvalue weighted by molar-refractivity contribution is 9.10. The van der Waals surface area contributed by atoms with Crippen LogP contribution in [-0.2, 0) is 7.05 Å². The molecule has 1 aromatic carbocycles. The Kier molecular flexibility index (Phi) is 3.67. The van der Waals surface area contributed by atoms with Crippen molar-refractivity contribution in [3.63, 3.8) is 0 Å². The molecule has 0 aliphatic carbocycles. The number of rotatable bonds is 2. The van der Waals surface area contributed by atoms with E-state index < -0.39 is 6.10 Å². The summed E-state index contributed by atoms with van der Waals surface area (Å²) in [4.78, 5) is 0. The van der Waals surface area contributed by atoms with E-state index in [2.05, 4.69) is 21.0 Å². The average molecular weight is 339 g/mol. The first-order valence-electron chi connectivity index (χ1n) is 6.42. The highest BCUT2D eigenvalue weighted by Crippen LogP contribution is 2.40. The molecule has 0 saturated carbocycles. The molecule has 2 aromatic rings. The number of nitrogens with zero attached hydrogens (tertiary/aromatic N) is 2. The smallest absolute Gasteiger partial charge is 0.175 e. The Balaban J connectivity index is 1.98. The topological polar surface area (TPSA) is 56.5 Å². The van der Waals surface area contributed by atoms with Gasteiger partial charge in [0.25, 0.3) is 0 Å². The van der Waals surface area contributed by atoms with Crippen molar-refractivity contribution in [2.24, 2.45) is 7.05 Å². The highest BCUT2D eigenvalue weighted by Gasteiger charge is 2.20. The zero-order chi connectivity index (χ0) is 14.1. The monoisotopic (exact) mass is 338 g/mol. The van der Waals surface area contributed by atoms with Crippen LogP contribution in [0.25, 0.3) is 0 Å². The number of hydrogen-bond acceptors (Lipinski definition) is 4. The van der Waals surface area contributed by atoms with Crippen molar-refractivity contribution in [3.8, 4) is 11.5 Å². The molecular formula is C14H15BrN2O3. The van der Waals surface area contributed by atoms with E-state index in [-0.39, 0.29) is 0 Å². The van der Waals surface area contributed by atoms with Crippen LogP contribution < -0.4 is 9.47 Å². The first-order valence-corrected chi connectivity index (χ1v) is 7.21. The largest absolute Gasteiger partial charge is 0.490 e. The third-order valence-electron chi connectivity index (χ3n) is 3.15. The second-order valence-electron chi connectivity index (χ2n) is 4.70. The standard InChI is InChI=1S/C14H15BrN2O3/c1-17-4-3-11(16-17)13(18)9-7-10(15)14-12(8-9)19-5-2-6-20-14/h3-4,7-8,13,18H,2,5-6H2,1H3. The Bertz CT molecular complexity index is 627. The summed E-state index contributed by atoms with van der Waals surface area (Å²) in [5, 5.41) is 14.6. The maximum Gasteiger partial charge on any atom is 0.175 e. The number of aliphatic hydroxyl groups excluding tert-OH is 1. The van der Waals surface area contributed by atoms with Crippen LogP contribution in [0.4, 0.5) is 0 Å². The lowest BCUT2D eigenvalue weighted by Gasteiger charge is -2.14. The molecule has 0 fully saturated rings. The van der Waals surface area contributed by atoms with Gasteiger partial charge >= 0.3 is 0 Å². The fourth-order valence-electron chi connectivity index (χ4n) is 2.16. The van der Waals surface area contributed by atoms with Gasteiger partial charge in [-0.1, -0.05) is 0 Å². The van der Waals surface area contributed by atoms with Gasteiger partial charge in [0.1, 0.15) is 6.10 Å². The molecule has 1 aliphatic heterocycles. The van der Waals surface area contributed by atoms with Gasteiger partial charge in [-0.15, -0.1) is 0 Å². The van der Waals surface area contributed by atoms with Crippen molar-refractivity contribution in [2.75, 3.05) is 13.2 Å². The zero-order valence-electron chi connectivity index (χ0n) is 11.0. The van der Waals surface area contributed by atoms with Gasteiger partial charge in [0, 0.05) is 19.7 Å². The molecule has 106 valence electrons. The van der Waals surface area contributed by atoms with Gasteiger partial charge in [-0.3, -0.25) is 4.68 Å². The van der Waals surface area contributed by atoms with Gasteiger partial charge in [0.2, 0.25) is 0 Å². The fraction of sp³-hybridized carbons (Fsp3) is 0.357. The molecule has 0 radical (unpaired) electrons. The molecule has 1 unspecified atom stereocenters. The summed E-state index contributed by atoms with van der Waals surface area (Å²) in [5.41, 5.74) is 1.33. The molecule has 20 heavy (non-hydrogen) atoms. The van der Waals surface area contributed by atoms with Gasteiger partial charge in [0.15, 0.2) is 11.5 Å². The lowest BCUT2D eigenvalue weighted by atomic mass is 10.1. The van der Waals surface area contributed by atoms with Crippen LogP contribution in [0.3, 0.4) is 0 Å². The van der Waals surface area contributed by atoms with Gasteiger partial charge in [-0.25, -0.2) is 0 Å². The van der Waals surface area contributed by atoms with E-state index in [4.69, 9.17) is 9.47 Å². The summed E-state index contributed by atoms with van der Waals surface area (Å²) in [7, 11) is 1.82. The molecule has 6 heteroatoms. The Labute approximate surface area is 125 Å². The molecule has 0 amide bonds. The molecule has 0 saturated heterocycles. The maximum atomic E-state index is 10.4. The number of hydrogen-bond donors (Lipinski definition) is 1. The van der Waals surface area contributed by atoms with Gasteiger partial charge in [-0.05, 0) is 39.7 Å². The highest BCUT2D eigenvalue weighted by atomic mass is 79.9. The van der Waals surface area contributed by atoms with Crippen molar-refractivity contribution in [1.82, 2.24) is 9.78 Å². The molecule has 1 aliphatic rings. The quantitative estimate of drug-likeness (QED) is 0.913. The number of ether oxygens (including phenoxy) is 2. The van der Waals surface area contributed by atoms with Gasteiger partial charge < -0.3 is 14.6 Å². The molecule has 0 bridgehead atoms. The Morgan fingerprint density at radius 2 is 2.15 bits per heavy atom. The van der Waals surface area contributed by atoms with E-state index in [0.717, 1.165) is 16.5 Å². The molecule has 0 spiro atoms. The van der Waals surface area contributed by atoms with Crippen LogP contribution in [0, 0.1) is 0 Å². The Hall–Kier alpha value is -1.53. The molecular weight excluding hydrogens is 324 g/mol. The van der Waals surface area contributed by atoms with Gasteiger partial charge in [0.05, 0.1) is 23.4 Å². The van der Waals surface area contributed by atoms with Crippen molar-refractivity contribution in [2.45, 2.75) is 12.5 Å². The lowest BCUT2D eigenvalue weighted by molar-refractivity contribution is 0.213. The number of aromatic nitrogens is 2. The summed E-state index contributed by atoms with van der Waals surface area (Å²) in [5.74, 6) is 1.35. The first-order chi connectivity index (χ1) is 9.65. The second-order valence-corrected chi connectivity index (χ2v) is 5.55. The molecule has 1 N–H and O–H groups in total. The predicted octanol–water partition coefficient (Wildman–Crippen LogP) is 2.43. The SMILES string of the molecule is Cn1ccc(C(O)c2cc(Br)c3c(c2)OCCCO3)n1. The van der Waals surface area contributed by atoms with E-state index >= 15 is 0 Å². The van der Waals surface area contributed by atoms with E-state index in [1.807, 2.05) is 19.2 Å². The van der Waals surface area contributed by atoms with Crippen LogP contribution in [0.1, 0.15) is 23.8 Å². The van der Waals surface area contributed by atoms with Crippen LogP contribution in [0.5, 0.6) is 11.5 Å². The maximum absolute atomic E-state index is 10.4. The van der Waals surface area contributed by atoms with Crippen LogP contribution in [0.15, 0.2) is 28.9 Å². The summed E-state index contributed by atoms with van der Waals surface area (Å²) in [6, 6.07) is 5.44. The van der Waals surface area contributed by atoms with Crippen LogP contribution in [0.2, 0.25) is 0 Å². The summed E-state index contributed by atoms with van der Waals surface area (Å²) in [6.07, 6.45) is 1.86. The number of halogens is 1. The van der Waals surface area contributed by atoms with E-state index in [1.54, 1.807) is 16.9 Å². The van der Waals surface area contributed by atoms with E-state index in [0.29, 0.717) is 30.4 Å². The minimum atomic E-state index is -0.787. The lowest BCUT2D eigenvalue weighted by Crippen LogP contribution is -2.03. The molecule has 3 rings (SSSR count). The van der Waals surface area contributed by atoms with E-state index in [9.17, 15) is 5.11 Å². The minimum Gasteiger partial charge on any atom is -0.490 e. The summed E-state index contributed by atoms with van der Waals surface area (Å²) >= 11 is 3.47. The normalized spacial score (nSPS) is 15.8. The Morgan fingerprint density at radius 3 is 2.90 bits per heavy atom. The van der Waals surface area contributed by atoms with Crippen LogP contribution >= 0.6 is 15.9 Å². The number of aliphatic hydroxyl groups is 1. The number of benzene rings is 1. The molecule has 1 aromatic heterocycles. The van der Waals surface area contributed by atoms with Crippen molar-refractivity contribution in [3.05, 3.63) is 40.1 Å². The van der Waals surface area contributed by atoms with Crippen LogP contribution in [-0.4, -0.2) is 28.1 Å². The average Bonchev–Trinajstić information content (AvgIpc) is 2.72. The van der Waals surface area contributed by atoms with E-state index in [1.165, 1.54) is 0 Å². The Morgan fingerprint density at radius 1 is 1.35 bits per heavy atom. The van der Waals surface area contributed by atoms with Gasteiger partial charge in [-0.2, -0.15) is 5.10 Å². The zero-order valence-corrected chi connectivity index (χ0v) is 12.6. The summed E-state index contributed by atoms with van der Waals surface area (Å²) < 4.78 is 13.8. The molecule has 5 nitrogen and oxygen atoms in total. The van der Waals surface area contributed by atoms with Crippen molar-refractivity contribution >= 4 is 15.9 Å². The third-order valence-corrected chi connectivity index (χ3v) is 3.74. The minimum absolute atomic E-state index is 0.605. The molecule has 2 heterocycles. The second kappa shape index (κ2) is 5.46. The third kappa shape index (κ3) is 2.53. The predicted molar refractivity (Wildman–Crippen MR) is 77.0 cm³/mol. The number of aryl methyl sites for hydroxylation is 1. The molecule has 1 atom stereocenters. The summed E-state index contributed by atoms with van der Waals surface area (Å²) in [6.45, 7) is 1.25. The van der Waals surface area contributed by atoms with Crippen molar-refractivity contribution in [1.29, 1.82) is 0 Å². The number of fused-ring (bicyclic) bond motifs is 1.